The SMILES string of the molecule is Fc1ccc(CO[C@H]2CCCNC2)c(Br)c1. The maximum absolute atomic E-state index is 12.9. The van der Waals surface area contributed by atoms with E-state index in [0.29, 0.717) is 6.61 Å². The van der Waals surface area contributed by atoms with Gasteiger partial charge in [0.05, 0.1) is 12.7 Å². The van der Waals surface area contributed by atoms with E-state index in [1.165, 1.54) is 12.1 Å². The summed E-state index contributed by atoms with van der Waals surface area (Å²) in [4.78, 5) is 0. The maximum Gasteiger partial charge on any atom is 0.124 e. The molecule has 2 nitrogen and oxygen atoms in total. The second kappa shape index (κ2) is 5.75. The minimum absolute atomic E-state index is 0.227. The van der Waals surface area contributed by atoms with Crippen LogP contribution in [-0.2, 0) is 11.3 Å². The lowest BCUT2D eigenvalue weighted by molar-refractivity contribution is 0.0250. The molecule has 1 fully saturated rings. The molecule has 4 heteroatoms. The Morgan fingerprint density at radius 3 is 3.06 bits per heavy atom. The van der Waals surface area contributed by atoms with E-state index >= 15 is 0 Å². The van der Waals surface area contributed by atoms with Gasteiger partial charge in [0, 0.05) is 11.0 Å². The van der Waals surface area contributed by atoms with E-state index < -0.39 is 0 Å². The Kier molecular flexibility index (Phi) is 4.32. The topological polar surface area (TPSA) is 21.3 Å². The first kappa shape index (κ1) is 12.0. The van der Waals surface area contributed by atoms with Gasteiger partial charge in [-0.1, -0.05) is 22.0 Å². The highest BCUT2D eigenvalue weighted by Gasteiger charge is 2.13. The molecule has 1 aromatic carbocycles. The smallest absolute Gasteiger partial charge is 0.124 e. The minimum Gasteiger partial charge on any atom is -0.372 e. The number of hydrogen-bond acceptors (Lipinski definition) is 2. The van der Waals surface area contributed by atoms with Gasteiger partial charge in [0.15, 0.2) is 0 Å². The van der Waals surface area contributed by atoms with E-state index in [2.05, 4.69) is 21.2 Å². The quantitative estimate of drug-likeness (QED) is 0.923. The van der Waals surface area contributed by atoms with Crippen molar-refractivity contribution >= 4 is 15.9 Å². The van der Waals surface area contributed by atoms with Gasteiger partial charge in [-0.05, 0) is 37.1 Å². The Labute approximate surface area is 103 Å². The molecular weight excluding hydrogens is 273 g/mol. The molecule has 0 spiro atoms. The predicted molar refractivity (Wildman–Crippen MR) is 64.8 cm³/mol. The van der Waals surface area contributed by atoms with Crippen molar-refractivity contribution < 1.29 is 9.13 Å². The van der Waals surface area contributed by atoms with Gasteiger partial charge < -0.3 is 10.1 Å². The molecule has 88 valence electrons. The van der Waals surface area contributed by atoms with Crippen molar-refractivity contribution in [1.82, 2.24) is 5.32 Å². The molecule has 0 saturated carbocycles. The van der Waals surface area contributed by atoms with Crippen LogP contribution in [0.5, 0.6) is 0 Å². The highest BCUT2D eigenvalue weighted by molar-refractivity contribution is 9.10. The molecule has 0 aliphatic carbocycles. The second-order valence-electron chi connectivity index (χ2n) is 4.02. The van der Waals surface area contributed by atoms with Gasteiger partial charge in [0.1, 0.15) is 5.82 Å². The van der Waals surface area contributed by atoms with Crippen molar-refractivity contribution in [2.45, 2.75) is 25.6 Å². The Balaban J connectivity index is 1.88. The average Bonchev–Trinajstić information content (AvgIpc) is 2.29. The molecule has 1 aliphatic rings. The van der Waals surface area contributed by atoms with Gasteiger partial charge >= 0.3 is 0 Å². The van der Waals surface area contributed by atoms with Crippen molar-refractivity contribution in [3.05, 3.63) is 34.1 Å². The zero-order valence-electron chi connectivity index (χ0n) is 9.01. The molecule has 0 amide bonds. The first-order chi connectivity index (χ1) is 7.75. The van der Waals surface area contributed by atoms with Crippen LogP contribution >= 0.6 is 15.9 Å². The minimum atomic E-state index is -0.227. The van der Waals surface area contributed by atoms with Gasteiger partial charge in [-0.25, -0.2) is 4.39 Å². The van der Waals surface area contributed by atoms with E-state index in [1.54, 1.807) is 6.07 Å². The van der Waals surface area contributed by atoms with Crippen LogP contribution in [0.2, 0.25) is 0 Å². The summed E-state index contributed by atoms with van der Waals surface area (Å²) in [5, 5.41) is 3.30. The molecule has 1 atom stereocenters. The summed E-state index contributed by atoms with van der Waals surface area (Å²) in [5.74, 6) is -0.227. The lowest BCUT2D eigenvalue weighted by Crippen LogP contribution is -2.35. The normalized spacial score (nSPS) is 21.0. The first-order valence-electron chi connectivity index (χ1n) is 5.52. The van der Waals surface area contributed by atoms with Crippen LogP contribution in [0.25, 0.3) is 0 Å². The lowest BCUT2D eigenvalue weighted by atomic mass is 10.1. The van der Waals surface area contributed by atoms with Crippen LogP contribution in [0, 0.1) is 5.82 Å². The Morgan fingerprint density at radius 2 is 2.38 bits per heavy atom. The summed E-state index contributed by atoms with van der Waals surface area (Å²) >= 11 is 3.34. The summed E-state index contributed by atoms with van der Waals surface area (Å²) in [6.07, 6.45) is 2.55. The molecule has 1 aliphatic heterocycles. The molecule has 0 unspecified atom stereocenters. The highest BCUT2D eigenvalue weighted by Crippen LogP contribution is 2.20. The zero-order chi connectivity index (χ0) is 11.4. The third-order valence-corrected chi connectivity index (χ3v) is 3.48. The van der Waals surface area contributed by atoms with Crippen molar-refractivity contribution in [3.8, 4) is 0 Å². The number of hydrogen-bond donors (Lipinski definition) is 1. The molecule has 1 heterocycles. The lowest BCUT2D eigenvalue weighted by Gasteiger charge is -2.23. The summed E-state index contributed by atoms with van der Waals surface area (Å²) < 4.78 is 19.4. The second-order valence-corrected chi connectivity index (χ2v) is 4.87. The zero-order valence-corrected chi connectivity index (χ0v) is 10.6. The number of rotatable bonds is 3. The van der Waals surface area contributed by atoms with Crippen LogP contribution in [0.15, 0.2) is 22.7 Å². The fourth-order valence-corrected chi connectivity index (χ4v) is 2.27. The Bertz CT molecular complexity index is 353. The third kappa shape index (κ3) is 3.27. The van der Waals surface area contributed by atoms with E-state index in [1.807, 2.05) is 0 Å². The number of ether oxygens (including phenoxy) is 1. The maximum atomic E-state index is 12.9. The van der Waals surface area contributed by atoms with Crippen molar-refractivity contribution in [1.29, 1.82) is 0 Å². The van der Waals surface area contributed by atoms with Crippen LogP contribution in [0.3, 0.4) is 0 Å². The van der Waals surface area contributed by atoms with Gasteiger partial charge in [0.25, 0.3) is 0 Å². The predicted octanol–water partition coefficient (Wildman–Crippen LogP) is 2.86. The van der Waals surface area contributed by atoms with Gasteiger partial charge in [-0.15, -0.1) is 0 Å². The molecule has 0 aromatic heterocycles. The fourth-order valence-electron chi connectivity index (χ4n) is 1.81. The number of halogens is 2. The van der Waals surface area contributed by atoms with E-state index in [-0.39, 0.29) is 11.9 Å². The van der Waals surface area contributed by atoms with E-state index in [0.717, 1.165) is 36.0 Å². The van der Waals surface area contributed by atoms with Gasteiger partial charge in [-0.2, -0.15) is 0 Å². The summed E-state index contributed by atoms with van der Waals surface area (Å²) in [6.45, 7) is 2.53. The van der Waals surface area contributed by atoms with Gasteiger partial charge in [-0.3, -0.25) is 0 Å². The summed E-state index contributed by atoms with van der Waals surface area (Å²) in [7, 11) is 0. The number of benzene rings is 1. The molecule has 1 saturated heterocycles. The number of piperidine rings is 1. The molecular formula is C12H15BrFNO. The largest absolute Gasteiger partial charge is 0.372 e. The Morgan fingerprint density at radius 1 is 1.50 bits per heavy atom. The first-order valence-corrected chi connectivity index (χ1v) is 6.31. The molecule has 1 aromatic rings. The summed E-state index contributed by atoms with van der Waals surface area (Å²) in [5.41, 5.74) is 0.993. The van der Waals surface area contributed by atoms with E-state index in [4.69, 9.17) is 4.74 Å². The molecule has 16 heavy (non-hydrogen) atoms. The van der Waals surface area contributed by atoms with Crippen LogP contribution in [0.4, 0.5) is 4.39 Å². The number of nitrogens with one attached hydrogen (secondary N) is 1. The molecule has 2 rings (SSSR count). The molecule has 0 bridgehead atoms. The van der Waals surface area contributed by atoms with E-state index in [9.17, 15) is 4.39 Å². The van der Waals surface area contributed by atoms with Crippen molar-refractivity contribution in [2.75, 3.05) is 13.1 Å². The fraction of sp³-hybridized carbons (Fsp3) is 0.500. The Hall–Kier alpha value is -0.450. The van der Waals surface area contributed by atoms with Gasteiger partial charge in [0.2, 0.25) is 0 Å². The monoisotopic (exact) mass is 287 g/mol. The molecule has 1 N–H and O–H groups in total. The van der Waals surface area contributed by atoms with Crippen LogP contribution < -0.4 is 5.32 Å². The summed E-state index contributed by atoms with van der Waals surface area (Å²) in [6, 6.07) is 4.69. The molecule has 0 radical (unpaired) electrons. The highest BCUT2D eigenvalue weighted by atomic mass is 79.9. The van der Waals surface area contributed by atoms with Crippen molar-refractivity contribution in [3.63, 3.8) is 0 Å². The van der Waals surface area contributed by atoms with Crippen LogP contribution in [0.1, 0.15) is 18.4 Å². The standard InChI is InChI=1S/C12H15BrFNO/c13-12-6-10(14)4-3-9(12)8-16-11-2-1-5-15-7-11/h3-4,6,11,15H,1-2,5,7-8H2/t11-/m0/s1. The van der Waals surface area contributed by atoms with Crippen molar-refractivity contribution in [2.24, 2.45) is 0 Å². The van der Waals surface area contributed by atoms with Crippen LogP contribution in [-0.4, -0.2) is 19.2 Å². The average molecular weight is 288 g/mol. The third-order valence-electron chi connectivity index (χ3n) is 2.74.